The van der Waals surface area contributed by atoms with Crippen LogP contribution in [0.2, 0.25) is 0 Å². The third-order valence-electron chi connectivity index (χ3n) is 4.17. The Hall–Kier alpha value is -3.45. The van der Waals surface area contributed by atoms with E-state index >= 15 is 0 Å². The van der Waals surface area contributed by atoms with Crippen molar-refractivity contribution in [2.24, 2.45) is 0 Å². The van der Waals surface area contributed by atoms with Crippen molar-refractivity contribution in [2.45, 2.75) is 6.73 Å². The molecule has 0 radical (unpaired) electrons. The molecule has 2 heterocycles. The van der Waals surface area contributed by atoms with E-state index in [1.807, 2.05) is 42.5 Å². The number of amides is 1. The van der Waals surface area contributed by atoms with Gasteiger partial charge in [-0.3, -0.25) is 4.79 Å². The summed E-state index contributed by atoms with van der Waals surface area (Å²) < 4.78 is 8.16. The molecule has 2 aromatic heterocycles. The Kier molecular flexibility index (Phi) is 5.67. The van der Waals surface area contributed by atoms with Crippen molar-refractivity contribution in [1.82, 2.24) is 14.8 Å². The Labute approximate surface area is 176 Å². The summed E-state index contributed by atoms with van der Waals surface area (Å²) in [5, 5.41) is 6.95. The highest BCUT2D eigenvalue weighted by Gasteiger charge is 2.10. The molecule has 0 aliphatic rings. The number of anilines is 1. The van der Waals surface area contributed by atoms with Crippen LogP contribution in [0.4, 0.5) is 5.82 Å². The Balaban J connectivity index is 1.34. The fraction of sp³-hybridized carbons (Fsp3) is 0.0455. The Bertz CT molecular complexity index is 1090. The first-order valence-corrected chi connectivity index (χ1v) is 9.71. The molecule has 1 N–H and O–H groups in total. The molecule has 0 saturated heterocycles. The van der Waals surface area contributed by atoms with Crippen LogP contribution in [0.15, 0.2) is 89.7 Å². The maximum absolute atomic E-state index is 12.3. The summed E-state index contributed by atoms with van der Waals surface area (Å²) in [6, 6.07) is 23.2. The molecule has 0 spiro atoms. The average molecular weight is 449 g/mol. The van der Waals surface area contributed by atoms with Crippen molar-refractivity contribution >= 4 is 27.7 Å². The van der Waals surface area contributed by atoms with E-state index in [-0.39, 0.29) is 18.3 Å². The molecule has 0 atom stereocenters. The van der Waals surface area contributed by atoms with E-state index in [0.717, 1.165) is 21.3 Å². The molecule has 144 valence electrons. The lowest BCUT2D eigenvalue weighted by Crippen LogP contribution is -2.15. The van der Waals surface area contributed by atoms with Gasteiger partial charge in [-0.05, 0) is 57.4 Å². The molecular formula is C22H17BrN4O2. The van der Waals surface area contributed by atoms with Crippen LogP contribution in [-0.2, 0) is 6.73 Å². The summed E-state index contributed by atoms with van der Waals surface area (Å²) in [6.45, 7) is 0.203. The SMILES string of the molecule is O=C(Nc1ccc(Br)cn1)c1ccn(COc2ccc(-c3ccccc3)cc2)n1. The minimum atomic E-state index is -0.328. The molecule has 0 aliphatic heterocycles. The van der Waals surface area contributed by atoms with Crippen LogP contribution in [0.3, 0.4) is 0 Å². The number of aromatic nitrogens is 3. The van der Waals surface area contributed by atoms with Gasteiger partial charge in [-0.15, -0.1) is 0 Å². The number of hydrogen-bond acceptors (Lipinski definition) is 4. The number of rotatable bonds is 6. The fourth-order valence-electron chi connectivity index (χ4n) is 2.70. The van der Waals surface area contributed by atoms with Gasteiger partial charge in [0.2, 0.25) is 0 Å². The predicted molar refractivity (Wildman–Crippen MR) is 115 cm³/mol. The zero-order chi connectivity index (χ0) is 20.1. The molecule has 0 bridgehead atoms. The van der Waals surface area contributed by atoms with Crippen molar-refractivity contribution in [1.29, 1.82) is 0 Å². The average Bonchev–Trinajstić information content (AvgIpc) is 3.24. The van der Waals surface area contributed by atoms with Crippen molar-refractivity contribution < 1.29 is 9.53 Å². The molecule has 4 rings (SSSR count). The first-order chi connectivity index (χ1) is 14.2. The minimum Gasteiger partial charge on any atom is -0.471 e. The minimum absolute atomic E-state index is 0.203. The third-order valence-corrected chi connectivity index (χ3v) is 4.64. The monoisotopic (exact) mass is 448 g/mol. The molecular weight excluding hydrogens is 432 g/mol. The van der Waals surface area contributed by atoms with Crippen LogP contribution in [-0.4, -0.2) is 20.7 Å². The number of carbonyl (C=O) groups is 1. The smallest absolute Gasteiger partial charge is 0.277 e. The molecule has 0 aliphatic carbocycles. The van der Waals surface area contributed by atoms with Gasteiger partial charge in [0, 0.05) is 16.9 Å². The van der Waals surface area contributed by atoms with Crippen molar-refractivity contribution in [3.63, 3.8) is 0 Å². The van der Waals surface area contributed by atoms with Crippen LogP contribution >= 0.6 is 15.9 Å². The van der Waals surface area contributed by atoms with E-state index in [1.165, 1.54) is 0 Å². The number of ether oxygens (including phenoxy) is 1. The summed E-state index contributed by atoms with van der Waals surface area (Å²) >= 11 is 3.31. The highest BCUT2D eigenvalue weighted by atomic mass is 79.9. The van der Waals surface area contributed by atoms with Gasteiger partial charge in [0.1, 0.15) is 11.6 Å². The summed E-state index contributed by atoms with van der Waals surface area (Å²) in [7, 11) is 0. The lowest BCUT2D eigenvalue weighted by atomic mass is 10.1. The fourth-order valence-corrected chi connectivity index (χ4v) is 2.93. The van der Waals surface area contributed by atoms with Gasteiger partial charge < -0.3 is 10.1 Å². The maximum Gasteiger partial charge on any atom is 0.277 e. The van der Waals surface area contributed by atoms with E-state index in [9.17, 15) is 4.79 Å². The summed E-state index contributed by atoms with van der Waals surface area (Å²) in [5.41, 5.74) is 2.57. The number of hydrogen-bond donors (Lipinski definition) is 1. The Morgan fingerprint density at radius 1 is 0.966 bits per heavy atom. The quantitative estimate of drug-likeness (QED) is 0.450. The molecule has 29 heavy (non-hydrogen) atoms. The van der Waals surface area contributed by atoms with Crippen molar-refractivity contribution in [3.05, 3.63) is 95.4 Å². The Morgan fingerprint density at radius 3 is 2.45 bits per heavy atom. The largest absolute Gasteiger partial charge is 0.471 e. The number of carbonyl (C=O) groups excluding carboxylic acids is 1. The third kappa shape index (κ3) is 4.89. The molecule has 0 fully saturated rings. The van der Waals surface area contributed by atoms with E-state index in [4.69, 9.17) is 4.74 Å². The number of pyridine rings is 1. The number of benzene rings is 2. The highest BCUT2D eigenvalue weighted by Crippen LogP contribution is 2.22. The maximum atomic E-state index is 12.3. The van der Waals surface area contributed by atoms with Gasteiger partial charge in [-0.2, -0.15) is 5.10 Å². The molecule has 6 nitrogen and oxygen atoms in total. The van der Waals surface area contributed by atoms with Crippen LogP contribution in [0.1, 0.15) is 10.5 Å². The molecule has 1 amide bonds. The van der Waals surface area contributed by atoms with Gasteiger partial charge in [0.05, 0.1) is 0 Å². The van der Waals surface area contributed by atoms with E-state index < -0.39 is 0 Å². The standard InChI is InChI=1S/C22H17BrN4O2/c23-18-8-11-21(24-14-18)25-22(28)20-12-13-27(26-20)15-29-19-9-6-17(7-10-19)16-4-2-1-3-5-16/h1-14H,15H2,(H,24,25,28). The van der Waals surface area contributed by atoms with Gasteiger partial charge in [-0.25, -0.2) is 9.67 Å². The lowest BCUT2D eigenvalue weighted by molar-refractivity contribution is 0.102. The van der Waals surface area contributed by atoms with Crippen LogP contribution in [0.25, 0.3) is 11.1 Å². The van der Waals surface area contributed by atoms with E-state index in [1.54, 1.807) is 35.3 Å². The van der Waals surface area contributed by atoms with Gasteiger partial charge in [0.25, 0.3) is 5.91 Å². The highest BCUT2D eigenvalue weighted by molar-refractivity contribution is 9.10. The van der Waals surface area contributed by atoms with Crippen LogP contribution in [0.5, 0.6) is 5.75 Å². The van der Waals surface area contributed by atoms with E-state index in [0.29, 0.717) is 5.82 Å². The number of nitrogens with zero attached hydrogens (tertiary/aromatic N) is 3. The summed E-state index contributed by atoms with van der Waals surface area (Å²) in [6.07, 6.45) is 3.31. The summed E-state index contributed by atoms with van der Waals surface area (Å²) in [5.74, 6) is 0.860. The number of halogens is 1. The lowest BCUT2D eigenvalue weighted by Gasteiger charge is -2.07. The zero-order valence-corrected chi connectivity index (χ0v) is 16.9. The second-order valence-electron chi connectivity index (χ2n) is 6.22. The number of nitrogens with one attached hydrogen (secondary N) is 1. The van der Waals surface area contributed by atoms with Crippen molar-refractivity contribution in [3.8, 4) is 16.9 Å². The topological polar surface area (TPSA) is 69.0 Å². The normalized spacial score (nSPS) is 10.5. The molecule has 2 aromatic carbocycles. The predicted octanol–water partition coefficient (Wildman–Crippen LogP) is 5.00. The second kappa shape index (κ2) is 8.70. The van der Waals surface area contributed by atoms with Crippen LogP contribution in [0, 0.1) is 0 Å². The van der Waals surface area contributed by atoms with E-state index in [2.05, 4.69) is 43.5 Å². The van der Waals surface area contributed by atoms with Gasteiger partial charge in [0.15, 0.2) is 12.4 Å². The van der Waals surface area contributed by atoms with Gasteiger partial charge >= 0.3 is 0 Å². The van der Waals surface area contributed by atoms with Crippen LogP contribution < -0.4 is 10.1 Å². The summed E-state index contributed by atoms with van der Waals surface area (Å²) in [4.78, 5) is 16.4. The van der Waals surface area contributed by atoms with Gasteiger partial charge in [-0.1, -0.05) is 42.5 Å². The molecule has 7 heteroatoms. The molecule has 0 saturated carbocycles. The molecule has 4 aromatic rings. The Morgan fingerprint density at radius 2 is 1.72 bits per heavy atom. The van der Waals surface area contributed by atoms with Crippen molar-refractivity contribution in [2.75, 3.05) is 5.32 Å². The second-order valence-corrected chi connectivity index (χ2v) is 7.14. The first-order valence-electron chi connectivity index (χ1n) is 8.92. The zero-order valence-electron chi connectivity index (χ0n) is 15.3. The first kappa shape index (κ1) is 18.9. The molecule has 0 unspecified atom stereocenters.